The molecule has 2 N–H and O–H groups in total. The molecular formula is C9H13N2Na2O8P. The summed E-state index contributed by atoms with van der Waals surface area (Å²) in [4.78, 5) is 44.5. The van der Waals surface area contributed by atoms with Gasteiger partial charge in [0.05, 0.1) is 20.5 Å². The van der Waals surface area contributed by atoms with Crippen LogP contribution in [0.5, 0.6) is 0 Å². The van der Waals surface area contributed by atoms with Crippen molar-refractivity contribution in [2.45, 2.75) is 31.3 Å². The smallest absolute Gasteiger partial charge is 0.790 e. The van der Waals surface area contributed by atoms with Crippen LogP contribution in [0, 0.1) is 0 Å². The molecule has 0 aromatic heterocycles. The van der Waals surface area contributed by atoms with Crippen LogP contribution in [0.15, 0.2) is 0 Å². The Hall–Kier alpha value is 0.970. The summed E-state index contributed by atoms with van der Waals surface area (Å²) >= 11 is 0. The van der Waals surface area contributed by atoms with E-state index in [-0.39, 0.29) is 78.5 Å². The number of imide groups is 1. The topological polar surface area (TPSA) is 151 Å². The molecule has 0 radical (unpaired) electrons. The van der Waals surface area contributed by atoms with Crippen molar-refractivity contribution in [2.24, 2.45) is 0 Å². The molecule has 0 bridgehead atoms. The van der Waals surface area contributed by atoms with Crippen molar-refractivity contribution >= 4 is 19.8 Å². The second-order valence-electron chi connectivity index (χ2n) is 4.47. The minimum absolute atomic E-state index is 0. The summed E-state index contributed by atoms with van der Waals surface area (Å²) in [5, 5.41) is 11.8. The molecule has 0 spiro atoms. The second kappa shape index (κ2) is 9.45. The van der Waals surface area contributed by atoms with Gasteiger partial charge in [0.25, 0.3) is 0 Å². The predicted molar refractivity (Wildman–Crippen MR) is 57.7 cm³/mol. The number of aliphatic hydroxyl groups is 1. The Labute approximate surface area is 170 Å². The average molecular weight is 354 g/mol. The van der Waals surface area contributed by atoms with Gasteiger partial charge in [-0.15, -0.1) is 0 Å². The monoisotopic (exact) mass is 354 g/mol. The first-order chi connectivity index (χ1) is 9.26. The van der Waals surface area contributed by atoms with Crippen molar-refractivity contribution < 1.29 is 97.4 Å². The fourth-order valence-corrected chi connectivity index (χ4v) is 2.40. The molecule has 2 fully saturated rings. The van der Waals surface area contributed by atoms with Crippen LogP contribution < -0.4 is 74.2 Å². The minimum atomic E-state index is -5.15. The van der Waals surface area contributed by atoms with E-state index in [1.54, 1.807) is 0 Å². The number of hydrogen-bond donors (Lipinski definition) is 2. The van der Waals surface area contributed by atoms with Gasteiger partial charge in [-0.05, 0) is 0 Å². The predicted octanol–water partition coefficient (Wildman–Crippen LogP) is -8.74. The number of urea groups is 1. The molecule has 2 aliphatic rings. The van der Waals surface area contributed by atoms with Crippen molar-refractivity contribution in [1.82, 2.24) is 10.2 Å². The van der Waals surface area contributed by atoms with E-state index in [2.05, 4.69) is 9.84 Å². The van der Waals surface area contributed by atoms with Crippen molar-refractivity contribution in [1.29, 1.82) is 0 Å². The molecule has 13 heteroatoms. The van der Waals surface area contributed by atoms with Gasteiger partial charge in [-0.1, -0.05) is 0 Å². The zero-order valence-corrected chi connectivity index (χ0v) is 17.2. The van der Waals surface area contributed by atoms with Crippen LogP contribution >= 0.6 is 7.82 Å². The quantitative estimate of drug-likeness (QED) is 0.373. The Morgan fingerprint density at radius 2 is 2.05 bits per heavy atom. The van der Waals surface area contributed by atoms with E-state index in [0.29, 0.717) is 0 Å². The van der Waals surface area contributed by atoms with Gasteiger partial charge in [-0.2, -0.15) is 0 Å². The summed E-state index contributed by atoms with van der Waals surface area (Å²) in [6.45, 7) is -0.479. The SMILES string of the molecule is O=C1CCN(C2CC(O)C(COP(=O)([O-])[O-])O2)C(=O)N1.[Na+].[Na+]. The second-order valence-corrected chi connectivity index (χ2v) is 5.62. The Morgan fingerprint density at radius 1 is 1.41 bits per heavy atom. The number of carbonyl (C=O) groups excluding carboxylic acids is 2. The summed E-state index contributed by atoms with van der Waals surface area (Å²) in [7, 11) is -5.15. The molecule has 3 atom stereocenters. The summed E-state index contributed by atoms with van der Waals surface area (Å²) < 4.78 is 19.7. The molecule has 0 aromatic rings. The van der Waals surface area contributed by atoms with Crippen LogP contribution in [0.25, 0.3) is 0 Å². The van der Waals surface area contributed by atoms with Crippen molar-refractivity contribution in [2.75, 3.05) is 13.2 Å². The first-order valence-electron chi connectivity index (χ1n) is 5.87. The Kier molecular flexibility index (Phi) is 9.87. The summed E-state index contributed by atoms with van der Waals surface area (Å²) in [5.41, 5.74) is 0. The van der Waals surface area contributed by atoms with Crippen molar-refractivity contribution in [3.63, 3.8) is 0 Å². The van der Waals surface area contributed by atoms with Crippen LogP contribution in [0.4, 0.5) is 4.79 Å². The maximum atomic E-state index is 11.6. The number of ether oxygens (including phenoxy) is 1. The first kappa shape index (κ1) is 23.0. The number of nitrogens with one attached hydrogen (secondary N) is 1. The largest absolute Gasteiger partial charge is 1.00 e. The molecule has 2 saturated heterocycles. The number of carbonyl (C=O) groups is 2. The van der Waals surface area contributed by atoms with Crippen LogP contribution in [0.3, 0.4) is 0 Å². The van der Waals surface area contributed by atoms with Crippen molar-refractivity contribution in [3.05, 3.63) is 0 Å². The zero-order valence-electron chi connectivity index (χ0n) is 12.3. The van der Waals surface area contributed by atoms with E-state index >= 15 is 0 Å². The fraction of sp³-hybridized carbons (Fsp3) is 0.778. The van der Waals surface area contributed by atoms with Gasteiger partial charge in [0.15, 0.2) is 0 Å². The molecule has 3 unspecified atom stereocenters. The molecule has 3 amide bonds. The molecule has 2 heterocycles. The standard InChI is InChI=1S/C9H15N2O8P.2Na/c12-5-3-8(11-2-1-7(13)10-9(11)14)19-6(5)4-18-20(15,16)17;;/h5-6,8,12H,1-4H2,(H,10,13,14)(H2,15,16,17);;/q;2*+1/p-2. The third-order valence-electron chi connectivity index (χ3n) is 3.04. The zero-order chi connectivity index (χ0) is 14.9. The van der Waals surface area contributed by atoms with Gasteiger partial charge in [0, 0.05) is 19.4 Å². The summed E-state index contributed by atoms with van der Waals surface area (Å²) in [5.74, 6) is -0.400. The number of rotatable bonds is 4. The molecule has 114 valence electrons. The van der Waals surface area contributed by atoms with Crippen LogP contribution in [-0.4, -0.2) is 53.5 Å². The van der Waals surface area contributed by atoms with Crippen molar-refractivity contribution in [3.8, 4) is 0 Å². The Bertz CT molecular complexity index is 461. The van der Waals surface area contributed by atoms with E-state index in [0.717, 1.165) is 0 Å². The van der Waals surface area contributed by atoms with Gasteiger partial charge >= 0.3 is 65.1 Å². The normalized spacial score (nSPS) is 28.7. The van der Waals surface area contributed by atoms with E-state index in [4.69, 9.17) is 4.74 Å². The van der Waals surface area contributed by atoms with E-state index in [9.17, 15) is 29.0 Å². The molecule has 0 aromatic carbocycles. The third kappa shape index (κ3) is 6.46. The van der Waals surface area contributed by atoms with Gasteiger partial charge in [-0.25, -0.2) is 4.79 Å². The molecule has 0 aliphatic carbocycles. The fourth-order valence-electron chi connectivity index (χ4n) is 2.07. The Morgan fingerprint density at radius 3 is 2.59 bits per heavy atom. The van der Waals surface area contributed by atoms with Crippen LogP contribution in [-0.2, 0) is 18.6 Å². The molecule has 2 aliphatic heterocycles. The number of phosphoric acid groups is 1. The van der Waals surface area contributed by atoms with Gasteiger partial charge in [0.2, 0.25) is 5.91 Å². The summed E-state index contributed by atoms with van der Waals surface area (Å²) in [6, 6.07) is -0.640. The summed E-state index contributed by atoms with van der Waals surface area (Å²) in [6.07, 6.45) is -2.75. The Balaban J connectivity index is 0.00000220. The number of amides is 3. The number of phosphoric ester groups is 1. The number of nitrogens with zero attached hydrogens (tertiary/aromatic N) is 1. The maximum absolute atomic E-state index is 11.6. The van der Waals surface area contributed by atoms with E-state index < -0.39 is 44.8 Å². The average Bonchev–Trinajstić information content (AvgIpc) is 2.67. The minimum Gasteiger partial charge on any atom is -0.790 e. The third-order valence-corrected chi connectivity index (χ3v) is 3.50. The number of hydrogen-bond acceptors (Lipinski definition) is 8. The van der Waals surface area contributed by atoms with Crippen LogP contribution in [0.1, 0.15) is 12.8 Å². The van der Waals surface area contributed by atoms with Crippen LogP contribution in [0.2, 0.25) is 0 Å². The molecule has 22 heavy (non-hydrogen) atoms. The van der Waals surface area contributed by atoms with E-state index in [1.165, 1.54) is 4.90 Å². The first-order valence-corrected chi connectivity index (χ1v) is 7.33. The molecule has 0 saturated carbocycles. The maximum Gasteiger partial charge on any atom is 1.00 e. The molecule has 2 rings (SSSR count). The molecular weight excluding hydrogens is 341 g/mol. The van der Waals surface area contributed by atoms with Gasteiger partial charge < -0.3 is 28.7 Å². The van der Waals surface area contributed by atoms with Gasteiger partial charge in [-0.3, -0.25) is 15.0 Å². The number of aliphatic hydroxyl groups excluding tert-OH is 1. The van der Waals surface area contributed by atoms with Gasteiger partial charge in [0.1, 0.15) is 12.3 Å². The molecule has 10 nitrogen and oxygen atoms in total. The van der Waals surface area contributed by atoms with E-state index in [1.807, 2.05) is 0 Å².